The van der Waals surface area contributed by atoms with Crippen LogP contribution in [0.3, 0.4) is 0 Å². The number of aliphatic carboxylic acids is 1. The third-order valence-electron chi connectivity index (χ3n) is 8.24. The standard InChI is InChI=1S/C33H44FN6O9P/c1-3-5-6-7-8-9-10-14-17-46-27(42)20-47-50(45,39-24(31(43)44)18-23-15-12-11-13-16-23)48-21-33(4-2)25(41)19-26(49-33)40-22-36-28-29(35)37-32(34)38-30(28)40/h2,11-13,15-16,22,24-26,41H,3,5-10,14,17-21H2,1H3,(H,39,45)(H,43,44)(H2,35,37,38)/t24-,25-,26+,33+,50+/m0/s1. The predicted molar refractivity (Wildman–Crippen MR) is 180 cm³/mol. The van der Waals surface area contributed by atoms with Crippen molar-refractivity contribution in [1.29, 1.82) is 0 Å². The lowest BCUT2D eigenvalue weighted by atomic mass is 9.99. The first kappa shape index (κ1) is 38.8. The number of ether oxygens (including phenoxy) is 2. The lowest BCUT2D eigenvalue weighted by molar-refractivity contribution is -0.146. The number of anilines is 1. The number of carboxylic acids is 1. The molecule has 3 aromatic rings. The molecule has 1 aromatic carbocycles. The van der Waals surface area contributed by atoms with Crippen LogP contribution >= 0.6 is 7.75 Å². The van der Waals surface area contributed by atoms with Crippen LogP contribution in [-0.2, 0) is 39.1 Å². The number of esters is 1. The Morgan fingerprint density at radius 3 is 2.56 bits per heavy atom. The third-order valence-corrected chi connectivity index (χ3v) is 9.81. The smallest absolute Gasteiger partial charge is 0.406 e. The summed E-state index contributed by atoms with van der Waals surface area (Å²) in [6, 6.07) is 7.08. The van der Waals surface area contributed by atoms with Crippen molar-refractivity contribution in [3.63, 3.8) is 0 Å². The highest BCUT2D eigenvalue weighted by molar-refractivity contribution is 7.51. The van der Waals surface area contributed by atoms with E-state index in [1.807, 2.05) is 0 Å². The molecule has 1 saturated heterocycles. The molecule has 0 saturated carbocycles. The summed E-state index contributed by atoms with van der Waals surface area (Å²) in [4.78, 5) is 36.0. The van der Waals surface area contributed by atoms with Gasteiger partial charge in [0.25, 0.3) is 0 Å². The number of nitrogens with one attached hydrogen (secondary N) is 1. The Balaban J connectivity index is 1.43. The molecule has 0 amide bonds. The zero-order chi connectivity index (χ0) is 36.1. The number of aromatic nitrogens is 4. The van der Waals surface area contributed by atoms with E-state index in [2.05, 4.69) is 32.9 Å². The molecule has 4 rings (SSSR count). The van der Waals surface area contributed by atoms with E-state index in [1.54, 1.807) is 30.3 Å². The molecule has 17 heteroatoms. The van der Waals surface area contributed by atoms with Gasteiger partial charge in [-0.3, -0.25) is 18.4 Å². The molecule has 0 radical (unpaired) electrons. The van der Waals surface area contributed by atoms with Gasteiger partial charge >= 0.3 is 25.8 Å². The lowest BCUT2D eigenvalue weighted by Crippen LogP contribution is -2.44. The second kappa shape index (κ2) is 18.3. The van der Waals surface area contributed by atoms with E-state index in [9.17, 15) is 28.8 Å². The summed E-state index contributed by atoms with van der Waals surface area (Å²) < 4.78 is 51.6. The number of aliphatic hydroxyl groups is 1. The van der Waals surface area contributed by atoms with E-state index >= 15 is 0 Å². The highest BCUT2D eigenvalue weighted by atomic mass is 31.2. The van der Waals surface area contributed by atoms with Crippen molar-refractivity contribution in [1.82, 2.24) is 24.6 Å². The number of nitrogens with zero attached hydrogens (tertiary/aromatic N) is 4. The molecule has 1 fully saturated rings. The van der Waals surface area contributed by atoms with E-state index in [0.29, 0.717) is 12.0 Å². The lowest BCUT2D eigenvalue weighted by Gasteiger charge is -2.29. The molecule has 50 heavy (non-hydrogen) atoms. The molecule has 5 atom stereocenters. The molecule has 2 aromatic heterocycles. The first-order valence-electron chi connectivity index (χ1n) is 16.6. The predicted octanol–water partition coefficient (Wildman–Crippen LogP) is 4.31. The number of benzene rings is 1. The zero-order valence-corrected chi connectivity index (χ0v) is 28.8. The van der Waals surface area contributed by atoms with Gasteiger partial charge in [0.05, 0.1) is 12.9 Å². The number of carbonyl (C=O) groups is 2. The highest BCUT2D eigenvalue weighted by Gasteiger charge is 2.50. The number of carboxylic acid groups (broad SMARTS) is 1. The van der Waals surface area contributed by atoms with Crippen molar-refractivity contribution in [2.45, 2.75) is 95.1 Å². The summed E-state index contributed by atoms with van der Waals surface area (Å²) in [5, 5.41) is 23.4. The number of nitrogen functional groups attached to an aromatic ring is 1. The van der Waals surface area contributed by atoms with Gasteiger partial charge in [-0.2, -0.15) is 14.4 Å². The SMILES string of the molecule is C#C[C@]1(CO[P@@](=O)(N[C@@H](Cc2ccccc2)C(=O)O)OCC(=O)OCCCCCCCCCC)O[C@@H](n2cnc3c(N)nc(F)nc32)C[C@@H]1O. The normalized spacial score (nSPS) is 20.7. The number of aliphatic hydroxyl groups excluding tert-OH is 1. The summed E-state index contributed by atoms with van der Waals surface area (Å²) in [6.45, 7) is 0.693. The van der Waals surface area contributed by atoms with Crippen LogP contribution in [0.4, 0.5) is 10.2 Å². The van der Waals surface area contributed by atoms with E-state index in [4.69, 9.17) is 30.7 Å². The number of hydrogen-bond acceptors (Lipinski definition) is 12. The number of fused-ring (bicyclic) bond motifs is 1. The number of imidazole rings is 1. The van der Waals surface area contributed by atoms with Gasteiger partial charge in [-0.05, 0) is 18.4 Å². The first-order valence-corrected chi connectivity index (χ1v) is 18.1. The summed E-state index contributed by atoms with van der Waals surface area (Å²) in [7, 11) is -4.67. The molecule has 15 nitrogen and oxygen atoms in total. The second-order valence-electron chi connectivity index (χ2n) is 12.0. The average molecular weight is 719 g/mol. The number of hydrogen-bond donors (Lipinski definition) is 4. The second-order valence-corrected chi connectivity index (χ2v) is 13.8. The van der Waals surface area contributed by atoms with Crippen LogP contribution in [0, 0.1) is 18.4 Å². The molecular weight excluding hydrogens is 674 g/mol. The van der Waals surface area contributed by atoms with Crippen LogP contribution in [0.1, 0.15) is 76.5 Å². The third kappa shape index (κ3) is 10.5. The number of terminal acetylenes is 1. The Labute approximate surface area is 289 Å². The van der Waals surface area contributed by atoms with Gasteiger partial charge in [-0.25, -0.2) is 19.4 Å². The van der Waals surface area contributed by atoms with E-state index in [1.165, 1.54) is 36.6 Å². The van der Waals surface area contributed by atoms with Crippen molar-refractivity contribution in [2.24, 2.45) is 0 Å². The fourth-order valence-electron chi connectivity index (χ4n) is 5.47. The Morgan fingerprint density at radius 2 is 1.88 bits per heavy atom. The number of rotatable bonds is 21. The van der Waals surface area contributed by atoms with Gasteiger partial charge in [0.15, 0.2) is 29.2 Å². The maximum Gasteiger partial charge on any atom is 0.406 e. The van der Waals surface area contributed by atoms with Crippen LogP contribution in [0.15, 0.2) is 36.7 Å². The van der Waals surface area contributed by atoms with Gasteiger partial charge in [0, 0.05) is 6.42 Å². The maximum absolute atomic E-state index is 14.1. The van der Waals surface area contributed by atoms with Crippen molar-refractivity contribution in [3.8, 4) is 12.3 Å². The molecule has 3 heterocycles. The van der Waals surface area contributed by atoms with Crippen LogP contribution in [-0.4, -0.2) is 79.2 Å². The molecule has 272 valence electrons. The van der Waals surface area contributed by atoms with E-state index < -0.39 is 63.0 Å². The minimum atomic E-state index is -4.67. The Bertz CT molecular complexity index is 1670. The molecular formula is C33H44FN6O9P. The van der Waals surface area contributed by atoms with Gasteiger partial charge in [0.2, 0.25) is 0 Å². The number of nitrogens with two attached hydrogens (primary N) is 1. The molecule has 1 aliphatic heterocycles. The zero-order valence-electron chi connectivity index (χ0n) is 27.9. The molecule has 1 aliphatic rings. The van der Waals surface area contributed by atoms with E-state index in [-0.39, 0.29) is 36.4 Å². The van der Waals surface area contributed by atoms with Gasteiger partial charge in [0.1, 0.15) is 25.0 Å². The van der Waals surface area contributed by atoms with Crippen molar-refractivity contribution >= 4 is 36.7 Å². The molecule has 5 N–H and O–H groups in total. The minimum absolute atomic E-state index is 0.0210. The van der Waals surface area contributed by atoms with Gasteiger partial charge in [-0.1, -0.05) is 88.1 Å². The van der Waals surface area contributed by atoms with Crippen molar-refractivity contribution in [2.75, 3.05) is 25.6 Å². The Morgan fingerprint density at radius 1 is 1.18 bits per heavy atom. The fourth-order valence-corrected chi connectivity index (χ4v) is 6.91. The summed E-state index contributed by atoms with van der Waals surface area (Å²) >= 11 is 0. The first-order chi connectivity index (χ1) is 24.0. The molecule has 0 bridgehead atoms. The highest BCUT2D eigenvalue weighted by Crippen LogP contribution is 2.48. The number of carbonyl (C=O) groups excluding carboxylic acids is 1. The van der Waals surface area contributed by atoms with Crippen LogP contribution in [0.2, 0.25) is 0 Å². The summed E-state index contributed by atoms with van der Waals surface area (Å²) in [5.74, 6) is -0.0885. The fraction of sp³-hybridized carbons (Fsp3) is 0.545. The van der Waals surface area contributed by atoms with Gasteiger partial charge < -0.3 is 25.4 Å². The van der Waals surface area contributed by atoms with Crippen LogP contribution in [0.5, 0.6) is 0 Å². The Kier molecular flexibility index (Phi) is 14.2. The van der Waals surface area contributed by atoms with E-state index in [0.717, 1.165) is 19.3 Å². The number of halogens is 1. The summed E-state index contributed by atoms with van der Waals surface area (Å²) in [6.07, 6.45) is 11.6. The minimum Gasteiger partial charge on any atom is -0.480 e. The van der Waals surface area contributed by atoms with Gasteiger partial charge in [-0.15, -0.1) is 6.42 Å². The average Bonchev–Trinajstić information content (AvgIpc) is 3.67. The maximum atomic E-state index is 14.1. The quantitative estimate of drug-likeness (QED) is 0.0398. The topological polar surface area (TPSA) is 210 Å². The molecule has 0 aliphatic carbocycles. The largest absolute Gasteiger partial charge is 0.480 e. The van der Waals surface area contributed by atoms with Crippen molar-refractivity contribution in [3.05, 3.63) is 48.3 Å². The monoisotopic (exact) mass is 718 g/mol. The summed E-state index contributed by atoms with van der Waals surface area (Å²) in [5.41, 5.74) is 4.49. The molecule has 0 unspecified atom stereocenters. The van der Waals surface area contributed by atoms with Crippen LogP contribution < -0.4 is 10.8 Å². The Hall–Kier alpha value is -3.97. The molecule has 0 spiro atoms. The van der Waals surface area contributed by atoms with Crippen molar-refractivity contribution < 1.29 is 47.3 Å². The van der Waals surface area contributed by atoms with Crippen LogP contribution in [0.25, 0.3) is 11.2 Å². The number of unbranched alkanes of at least 4 members (excludes halogenated alkanes) is 7.